The van der Waals surface area contributed by atoms with E-state index in [-0.39, 0.29) is 5.92 Å². The first-order valence-electron chi connectivity index (χ1n) is 9.18. The second kappa shape index (κ2) is 6.61. The van der Waals surface area contributed by atoms with E-state index in [9.17, 15) is 8.42 Å². The quantitative estimate of drug-likeness (QED) is 0.629. The van der Waals surface area contributed by atoms with Gasteiger partial charge in [0.2, 0.25) is 0 Å². The van der Waals surface area contributed by atoms with Crippen molar-refractivity contribution >= 4 is 15.8 Å². The lowest BCUT2D eigenvalue weighted by Crippen LogP contribution is -2.56. The number of rotatable bonds is 3. The molecule has 3 fully saturated rings. The number of aliphatic imine (C=N–C) groups is 1. The predicted molar refractivity (Wildman–Crippen MR) is 94.4 cm³/mol. The fraction of sp³-hybridized carbons (Fsp3) is 0.941. The fourth-order valence-electron chi connectivity index (χ4n) is 4.39. The molecule has 3 aliphatic rings. The molecule has 0 bridgehead atoms. The van der Waals surface area contributed by atoms with E-state index in [4.69, 9.17) is 4.99 Å². The van der Waals surface area contributed by atoms with Crippen molar-refractivity contribution in [2.24, 2.45) is 22.2 Å². The van der Waals surface area contributed by atoms with E-state index in [1.54, 1.807) is 0 Å². The van der Waals surface area contributed by atoms with Crippen LogP contribution >= 0.6 is 0 Å². The van der Waals surface area contributed by atoms with E-state index in [1.807, 2.05) is 0 Å². The molecule has 2 aliphatic heterocycles. The fourth-order valence-corrected chi connectivity index (χ4v) is 6.24. The third-order valence-corrected chi connectivity index (χ3v) is 8.03. The van der Waals surface area contributed by atoms with Gasteiger partial charge in [0.05, 0.1) is 11.5 Å². The molecule has 5 nitrogen and oxygen atoms in total. The van der Waals surface area contributed by atoms with Crippen molar-refractivity contribution in [1.82, 2.24) is 10.2 Å². The average molecular weight is 342 g/mol. The van der Waals surface area contributed by atoms with Crippen molar-refractivity contribution < 1.29 is 8.42 Å². The Morgan fingerprint density at radius 3 is 2.70 bits per heavy atom. The Labute approximate surface area is 140 Å². The Morgan fingerprint density at radius 2 is 2.13 bits per heavy atom. The summed E-state index contributed by atoms with van der Waals surface area (Å²) in [4.78, 5) is 7.22. The minimum absolute atomic E-state index is 0.204. The average Bonchev–Trinajstić information content (AvgIpc) is 2.82. The Kier molecular flexibility index (Phi) is 4.90. The molecule has 0 radical (unpaired) electrons. The smallest absolute Gasteiger partial charge is 0.193 e. The second-order valence-corrected chi connectivity index (χ2v) is 10.0. The Hall–Kier alpha value is -0.780. The van der Waals surface area contributed by atoms with Gasteiger partial charge in [0.1, 0.15) is 0 Å². The monoisotopic (exact) mass is 341 g/mol. The number of hydrogen-bond acceptors (Lipinski definition) is 3. The highest BCUT2D eigenvalue weighted by atomic mass is 32.2. The van der Waals surface area contributed by atoms with E-state index in [0.717, 1.165) is 37.9 Å². The Bertz CT molecular complexity index is 554. The predicted octanol–water partition coefficient (Wildman–Crippen LogP) is 1.90. The summed E-state index contributed by atoms with van der Waals surface area (Å²) in [6, 6.07) is 0. The number of guanidine groups is 1. The summed E-state index contributed by atoms with van der Waals surface area (Å²) in [6.45, 7) is 8.19. The van der Waals surface area contributed by atoms with Crippen molar-refractivity contribution in [3.05, 3.63) is 0 Å². The molecule has 3 rings (SSSR count). The van der Waals surface area contributed by atoms with Crippen LogP contribution in [0, 0.1) is 17.3 Å². The normalized spacial score (nSPS) is 32.8. The highest BCUT2D eigenvalue weighted by Crippen LogP contribution is 2.50. The van der Waals surface area contributed by atoms with Crippen LogP contribution in [0.4, 0.5) is 0 Å². The molecule has 1 aliphatic carbocycles. The minimum Gasteiger partial charge on any atom is -0.357 e. The molecule has 0 aromatic heterocycles. The first-order chi connectivity index (χ1) is 10.9. The number of piperidine rings is 1. The third-order valence-electron chi connectivity index (χ3n) is 6.19. The summed E-state index contributed by atoms with van der Waals surface area (Å²) in [5, 5.41) is 3.42. The maximum Gasteiger partial charge on any atom is 0.193 e. The maximum atomic E-state index is 11.6. The highest BCUT2D eigenvalue weighted by Gasteiger charge is 2.46. The summed E-state index contributed by atoms with van der Waals surface area (Å²) in [6.07, 6.45) is 6.08. The standard InChI is InChI=1S/C17H31N3O2S/c1-3-18-16(19-11-15-6-10-23(21,22)12-15)20-9-5-14(2)17(13-20)7-4-8-17/h14-15H,3-13H2,1-2H3,(H,18,19). The summed E-state index contributed by atoms with van der Waals surface area (Å²) >= 11 is 0. The SMILES string of the molecule is CCNC(=NCC1CCS(=O)(=O)C1)N1CCC(C)C2(CCC2)C1. The van der Waals surface area contributed by atoms with Gasteiger partial charge in [-0.2, -0.15) is 0 Å². The largest absolute Gasteiger partial charge is 0.357 e. The van der Waals surface area contributed by atoms with E-state index in [2.05, 4.69) is 24.1 Å². The van der Waals surface area contributed by atoms with Crippen LogP contribution in [0.2, 0.25) is 0 Å². The molecule has 2 saturated heterocycles. The van der Waals surface area contributed by atoms with Gasteiger partial charge in [-0.3, -0.25) is 4.99 Å². The lowest BCUT2D eigenvalue weighted by molar-refractivity contribution is -0.00508. The van der Waals surface area contributed by atoms with Gasteiger partial charge in [-0.25, -0.2) is 8.42 Å². The van der Waals surface area contributed by atoms with E-state index in [0.29, 0.717) is 23.5 Å². The van der Waals surface area contributed by atoms with Gasteiger partial charge < -0.3 is 10.2 Å². The molecule has 1 saturated carbocycles. The number of nitrogens with one attached hydrogen (secondary N) is 1. The highest BCUT2D eigenvalue weighted by molar-refractivity contribution is 7.91. The molecule has 1 N–H and O–H groups in total. The summed E-state index contributed by atoms with van der Waals surface area (Å²) in [7, 11) is -2.80. The van der Waals surface area contributed by atoms with Gasteiger partial charge in [-0.05, 0) is 49.9 Å². The molecule has 2 atom stereocenters. The van der Waals surface area contributed by atoms with Crippen molar-refractivity contribution in [3.63, 3.8) is 0 Å². The molecule has 2 heterocycles. The van der Waals surface area contributed by atoms with Gasteiger partial charge in [0.25, 0.3) is 0 Å². The molecule has 1 spiro atoms. The molecular formula is C17H31N3O2S. The second-order valence-electron chi connectivity index (χ2n) is 7.79. The van der Waals surface area contributed by atoms with Crippen LogP contribution in [0.25, 0.3) is 0 Å². The molecule has 6 heteroatoms. The first kappa shape index (κ1) is 17.1. The minimum atomic E-state index is -2.80. The first-order valence-corrected chi connectivity index (χ1v) is 11.0. The lowest BCUT2D eigenvalue weighted by atomic mass is 9.59. The van der Waals surface area contributed by atoms with Gasteiger partial charge >= 0.3 is 0 Å². The Morgan fingerprint density at radius 1 is 1.35 bits per heavy atom. The number of likely N-dealkylation sites (tertiary alicyclic amines) is 1. The van der Waals surface area contributed by atoms with Crippen LogP contribution in [0.5, 0.6) is 0 Å². The van der Waals surface area contributed by atoms with Gasteiger partial charge in [0.15, 0.2) is 15.8 Å². The zero-order valence-corrected chi connectivity index (χ0v) is 15.4. The van der Waals surface area contributed by atoms with E-state index in [1.165, 1.54) is 25.7 Å². The molecule has 23 heavy (non-hydrogen) atoms. The maximum absolute atomic E-state index is 11.6. The van der Waals surface area contributed by atoms with Crippen LogP contribution in [-0.4, -0.2) is 57.0 Å². The van der Waals surface area contributed by atoms with E-state index >= 15 is 0 Å². The zero-order chi connectivity index (χ0) is 16.5. The van der Waals surface area contributed by atoms with Gasteiger partial charge in [-0.1, -0.05) is 13.3 Å². The molecule has 132 valence electrons. The molecule has 0 aromatic carbocycles. The van der Waals surface area contributed by atoms with Crippen molar-refractivity contribution in [1.29, 1.82) is 0 Å². The summed E-state index contributed by atoms with van der Waals surface area (Å²) < 4.78 is 23.2. The van der Waals surface area contributed by atoms with Crippen molar-refractivity contribution in [3.8, 4) is 0 Å². The zero-order valence-electron chi connectivity index (χ0n) is 14.6. The summed E-state index contributed by atoms with van der Waals surface area (Å²) in [5.74, 6) is 2.67. The van der Waals surface area contributed by atoms with E-state index < -0.39 is 9.84 Å². The number of nitrogens with zero attached hydrogens (tertiary/aromatic N) is 2. The summed E-state index contributed by atoms with van der Waals surface area (Å²) in [5.41, 5.74) is 0.505. The number of hydrogen-bond donors (Lipinski definition) is 1. The Balaban J connectivity index is 1.65. The molecule has 0 aromatic rings. The molecule has 0 amide bonds. The third kappa shape index (κ3) is 3.67. The van der Waals surface area contributed by atoms with Crippen LogP contribution < -0.4 is 5.32 Å². The number of sulfone groups is 1. The van der Waals surface area contributed by atoms with Crippen molar-refractivity contribution in [2.45, 2.75) is 46.0 Å². The molecular weight excluding hydrogens is 310 g/mol. The van der Waals surface area contributed by atoms with Gasteiger partial charge in [-0.15, -0.1) is 0 Å². The van der Waals surface area contributed by atoms with Crippen molar-refractivity contribution in [2.75, 3.05) is 37.7 Å². The topological polar surface area (TPSA) is 61.8 Å². The van der Waals surface area contributed by atoms with Crippen LogP contribution in [-0.2, 0) is 9.84 Å². The van der Waals surface area contributed by atoms with Crippen LogP contribution in [0.15, 0.2) is 4.99 Å². The van der Waals surface area contributed by atoms with Gasteiger partial charge in [0, 0.05) is 26.2 Å². The van der Waals surface area contributed by atoms with Crippen LogP contribution in [0.3, 0.4) is 0 Å². The van der Waals surface area contributed by atoms with Crippen LogP contribution in [0.1, 0.15) is 46.0 Å². The molecule has 2 unspecified atom stereocenters. The lowest BCUT2D eigenvalue weighted by Gasteiger charge is -2.53.